The fourth-order valence-corrected chi connectivity index (χ4v) is 8.65. The molecule has 0 aliphatic carbocycles. The van der Waals surface area contributed by atoms with Gasteiger partial charge in [0.05, 0.1) is 16.8 Å². The van der Waals surface area contributed by atoms with Crippen LogP contribution in [0.25, 0.3) is 66.1 Å². The summed E-state index contributed by atoms with van der Waals surface area (Å²) in [6.07, 6.45) is 0. The van der Waals surface area contributed by atoms with Gasteiger partial charge >= 0.3 is 0 Å². The molecule has 288 valence electrons. The van der Waals surface area contributed by atoms with E-state index in [1.54, 1.807) is 0 Å². The molecule has 0 radical (unpaired) electrons. The number of nitrogens with zero attached hydrogens (tertiary/aromatic N) is 2. The highest BCUT2D eigenvalue weighted by Crippen LogP contribution is 2.49. The Bertz CT molecular complexity index is 3270. The molecular weight excluding hydrogens is 741 g/mol. The van der Waals surface area contributed by atoms with Crippen molar-refractivity contribution in [2.24, 2.45) is 0 Å². The van der Waals surface area contributed by atoms with Crippen molar-refractivity contribution >= 4 is 66.8 Å². The number of benzene rings is 10. The van der Waals surface area contributed by atoms with Gasteiger partial charge in [-0.25, -0.2) is 0 Å². The van der Waals surface area contributed by atoms with Gasteiger partial charge in [0.1, 0.15) is 5.58 Å². The molecule has 11 aromatic rings. The van der Waals surface area contributed by atoms with Crippen molar-refractivity contribution in [2.75, 3.05) is 9.80 Å². The Labute approximate surface area is 355 Å². The smallest absolute Gasteiger partial charge is 0.161 e. The molecule has 0 saturated heterocycles. The van der Waals surface area contributed by atoms with Gasteiger partial charge in [-0.05, 0) is 123 Å². The van der Waals surface area contributed by atoms with E-state index in [4.69, 9.17) is 4.42 Å². The van der Waals surface area contributed by atoms with Gasteiger partial charge in [0.2, 0.25) is 0 Å². The quantitative estimate of drug-likeness (QED) is 0.145. The molecule has 61 heavy (non-hydrogen) atoms. The topological polar surface area (TPSA) is 19.6 Å². The van der Waals surface area contributed by atoms with Crippen LogP contribution in [0.5, 0.6) is 0 Å². The largest absolute Gasteiger partial charge is 0.454 e. The fourth-order valence-electron chi connectivity index (χ4n) is 8.65. The van der Waals surface area contributed by atoms with Gasteiger partial charge in [-0.15, -0.1) is 0 Å². The molecule has 3 heteroatoms. The van der Waals surface area contributed by atoms with Gasteiger partial charge in [-0.3, -0.25) is 0 Å². The van der Waals surface area contributed by atoms with Crippen LogP contribution < -0.4 is 9.80 Å². The number of hydrogen-bond donors (Lipinski definition) is 0. The van der Waals surface area contributed by atoms with Crippen LogP contribution in [0.3, 0.4) is 0 Å². The average molecular weight is 781 g/mol. The zero-order valence-electron chi connectivity index (χ0n) is 33.4. The molecule has 1 aromatic heterocycles. The van der Waals surface area contributed by atoms with Crippen LogP contribution >= 0.6 is 0 Å². The van der Waals surface area contributed by atoms with Crippen molar-refractivity contribution in [3.8, 4) is 33.4 Å². The van der Waals surface area contributed by atoms with E-state index in [0.29, 0.717) is 0 Å². The maximum atomic E-state index is 7.13. The lowest BCUT2D eigenvalue weighted by atomic mass is 9.98. The molecule has 0 N–H and O–H groups in total. The van der Waals surface area contributed by atoms with Crippen molar-refractivity contribution in [2.45, 2.75) is 0 Å². The molecule has 0 fully saturated rings. The highest BCUT2D eigenvalue weighted by molar-refractivity contribution is 6.19. The third kappa shape index (κ3) is 6.78. The van der Waals surface area contributed by atoms with Gasteiger partial charge < -0.3 is 14.2 Å². The van der Waals surface area contributed by atoms with Crippen LogP contribution in [-0.2, 0) is 0 Å². The minimum absolute atomic E-state index is 0.814. The van der Waals surface area contributed by atoms with Gasteiger partial charge in [-0.1, -0.05) is 164 Å². The van der Waals surface area contributed by atoms with Crippen molar-refractivity contribution < 1.29 is 4.42 Å². The standard InChI is InChI=1S/C58H40N2O/c1-5-16-41(17-6-1)43-28-32-52(33-29-43)60(50-26-11-4-12-27-50)55-37-36-54(57-53-39-47-20-13-14-21-48(47)40-56(53)61-58(55)57)59(49-24-9-3-10-25-49)51-34-30-44(31-35-51)46-23-15-22-45(38-46)42-18-7-2-8-19-42/h1-40H. The Balaban J connectivity index is 1.11. The van der Waals surface area contributed by atoms with E-state index in [0.717, 1.165) is 67.0 Å². The summed E-state index contributed by atoms with van der Waals surface area (Å²) in [6.45, 7) is 0. The van der Waals surface area contributed by atoms with Crippen LogP contribution in [0.15, 0.2) is 247 Å². The number of anilines is 6. The molecule has 0 unspecified atom stereocenters. The Kier molecular flexibility index (Phi) is 9.18. The summed E-state index contributed by atoms with van der Waals surface area (Å²) in [5.74, 6) is 0. The lowest BCUT2D eigenvalue weighted by Crippen LogP contribution is -2.13. The van der Waals surface area contributed by atoms with Gasteiger partial charge in [0.15, 0.2) is 5.58 Å². The summed E-state index contributed by atoms with van der Waals surface area (Å²) >= 11 is 0. The first kappa shape index (κ1) is 36.0. The Morgan fingerprint density at radius 3 is 1.23 bits per heavy atom. The van der Waals surface area contributed by atoms with Gasteiger partial charge in [-0.2, -0.15) is 0 Å². The molecular formula is C58H40N2O. The first-order valence-corrected chi connectivity index (χ1v) is 20.7. The van der Waals surface area contributed by atoms with E-state index in [9.17, 15) is 0 Å². The molecule has 0 amide bonds. The molecule has 0 bridgehead atoms. The van der Waals surface area contributed by atoms with E-state index < -0.39 is 0 Å². The zero-order valence-corrected chi connectivity index (χ0v) is 33.4. The second-order valence-electron chi connectivity index (χ2n) is 15.4. The number of hydrogen-bond acceptors (Lipinski definition) is 3. The van der Waals surface area contributed by atoms with Crippen molar-refractivity contribution in [3.63, 3.8) is 0 Å². The van der Waals surface area contributed by atoms with E-state index in [2.05, 4.69) is 252 Å². The molecule has 0 saturated carbocycles. The molecule has 0 aliphatic rings. The molecule has 3 nitrogen and oxygen atoms in total. The molecule has 0 aliphatic heterocycles. The van der Waals surface area contributed by atoms with E-state index in [-0.39, 0.29) is 0 Å². The number of fused-ring (bicyclic) bond motifs is 4. The minimum atomic E-state index is 0.814. The summed E-state index contributed by atoms with van der Waals surface area (Å²) in [4.78, 5) is 4.68. The number of para-hydroxylation sites is 2. The molecule has 10 aromatic carbocycles. The Morgan fingerprint density at radius 2 is 0.672 bits per heavy atom. The average Bonchev–Trinajstić information content (AvgIpc) is 3.72. The first-order valence-electron chi connectivity index (χ1n) is 20.7. The van der Waals surface area contributed by atoms with Crippen molar-refractivity contribution in [1.82, 2.24) is 0 Å². The summed E-state index contributed by atoms with van der Waals surface area (Å²) in [6, 6.07) is 86.3. The van der Waals surface area contributed by atoms with E-state index >= 15 is 0 Å². The van der Waals surface area contributed by atoms with Crippen LogP contribution in [0.4, 0.5) is 34.1 Å². The normalized spacial score (nSPS) is 11.3. The van der Waals surface area contributed by atoms with Crippen LogP contribution in [0.1, 0.15) is 0 Å². The Morgan fingerprint density at radius 1 is 0.279 bits per heavy atom. The third-order valence-corrected chi connectivity index (χ3v) is 11.6. The highest BCUT2D eigenvalue weighted by Gasteiger charge is 2.25. The highest BCUT2D eigenvalue weighted by atomic mass is 16.3. The van der Waals surface area contributed by atoms with E-state index in [1.807, 2.05) is 0 Å². The van der Waals surface area contributed by atoms with Crippen LogP contribution in [0, 0.1) is 0 Å². The molecule has 1 heterocycles. The summed E-state index contributed by atoms with van der Waals surface area (Å²) in [5.41, 5.74) is 14.9. The van der Waals surface area contributed by atoms with Crippen LogP contribution in [0.2, 0.25) is 0 Å². The summed E-state index contributed by atoms with van der Waals surface area (Å²) in [5, 5.41) is 4.41. The minimum Gasteiger partial charge on any atom is -0.454 e. The second-order valence-corrected chi connectivity index (χ2v) is 15.4. The molecule has 0 spiro atoms. The summed E-state index contributed by atoms with van der Waals surface area (Å²) < 4.78 is 7.13. The van der Waals surface area contributed by atoms with E-state index in [1.165, 1.54) is 33.2 Å². The number of furan rings is 1. The third-order valence-electron chi connectivity index (χ3n) is 11.6. The monoisotopic (exact) mass is 780 g/mol. The lowest BCUT2D eigenvalue weighted by Gasteiger charge is -2.29. The zero-order chi connectivity index (χ0) is 40.5. The fraction of sp³-hybridized carbons (Fsp3) is 0. The number of rotatable bonds is 9. The van der Waals surface area contributed by atoms with Crippen LogP contribution in [-0.4, -0.2) is 0 Å². The predicted octanol–water partition coefficient (Wildman–Crippen LogP) is 16.7. The van der Waals surface area contributed by atoms with Crippen molar-refractivity contribution in [1.29, 1.82) is 0 Å². The second kappa shape index (κ2) is 15.6. The predicted molar refractivity (Wildman–Crippen MR) is 257 cm³/mol. The van der Waals surface area contributed by atoms with Gasteiger partial charge in [0, 0.05) is 28.1 Å². The SMILES string of the molecule is c1ccc(-c2ccc(N(c3ccccc3)c3ccc(N(c4ccccc4)c4ccc(-c5cccc(-c6ccccc6)c5)cc4)c4c3oc3cc5ccccc5cc34)cc2)cc1. The first-order chi connectivity index (χ1) is 30.2. The molecule has 0 atom stereocenters. The van der Waals surface area contributed by atoms with Crippen molar-refractivity contribution in [3.05, 3.63) is 243 Å². The summed E-state index contributed by atoms with van der Waals surface area (Å²) in [7, 11) is 0. The maximum absolute atomic E-state index is 7.13. The Hall–Kier alpha value is -8.14. The van der Waals surface area contributed by atoms with Gasteiger partial charge in [0.25, 0.3) is 0 Å². The molecule has 11 rings (SSSR count). The lowest BCUT2D eigenvalue weighted by molar-refractivity contribution is 0.669. The maximum Gasteiger partial charge on any atom is 0.161 e.